The largest absolute Gasteiger partial charge is 0.493 e. The lowest BCUT2D eigenvalue weighted by Gasteiger charge is -2.27. The summed E-state index contributed by atoms with van der Waals surface area (Å²) in [5, 5.41) is 0.719. The molecule has 1 aromatic heterocycles. The van der Waals surface area contributed by atoms with E-state index in [9.17, 15) is 4.79 Å². The summed E-state index contributed by atoms with van der Waals surface area (Å²) in [5.74, 6) is 1.04. The van der Waals surface area contributed by atoms with Crippen molar-refractivity contribution in [1.82, 2.24) is 9.88 Å². The number of aryl methyl sites for hydroxylation is 1. The summed E-state index contributed by atoms with van der Waals surface area (Å²) in [4.78, 5) is 22.6. The highest BCUT2D eigenvalue weighted by Gasteiger charge is 2.23. The van der Waals surface area contributed by atoms with Gasteiger partial charge < -0.3 is 14.2 Å². The lowest BCUT2D eigenvalue weighted by molar-refractivity contribution is 0.0376. The van der Waals surface area contributed by atoms with Gasteiger partial charge in [-0.05, 0) is 43.2 Å². The van der Waals surface area contributed by atoms with Crippen LogP contribution >= 0.6 is 23.7 Å². The minimum atomic E-state index is -0.0929. The molecule has 7 nitrogen and oxygen atoms in total. The van der Waals surface area contributed by atoms with Crippen molar-refractivity contribution in [2.45, 2.75) is 13.3 Å². The summed E-state index contributed by atoms with van der Waals surface area (Å²) in [6, 6.07) is 11.4. The highest BCUT2D eigenvalue weighted by atomic mass is 35.5. The van der Waals surface area contributed by atoms with E-state index in [-0.39, 0.29) is 18.3 Å². The summed E-state index contributed by atoms with van der Waals surface area (Å²) < 4.78 is 17.3. The number of carbonyl (C=O) groups is 1. The van der Waals surface area contributed by atoms with Crippen LogP contribution in [0.1, 0.15) is 22.3 Å². The molecule has 1 aliphatic heterocycles. The molecule has 33 heavy (non-hydrogen) atoms. The minimum absolute atomic E-state index is 0. The predicted molar refractivity (Wildman–Crippen MR) is 135 cm³/mol. The van der Waals surface area contributed by atoms with E-state index >= 15 is 0 Å². The van der Waals surface area contributed by atoms with Crippen molar-refractivity contribution in [2.24, 2.45) is 0 Å². The van der Waals surface area contributed by atoms with Gasteiger partial charge in [-0.1, -0.05) is 23.5 Å². The van der Waals surface area contributed by atoms with Crippen LogP contribution in [0.15, 0.2) is 36.4 Å². The van der Waals surface area contributed by atoms with Crippen LogP contribution in [0.2, 0.25) is 0 Å². The number of halogens is 1. The highest BCUT2D eigenvalue weighted by molar-refractivity contribution is 7.22. The first-order valence-corrected chi connectivity index (χ1v) is 11.6. The Morgan fingerprint density at radius 3 is 2.61 bits per heavy atom. The second kappa shape index (κ2) is 11.7. The number of morpholine rings is 1. The number of anilines is 1. The lowest BCUT2D eigenvalue weighted by Crippen LogP contribution is -2.39. The number of hydrogen-bond donors (Lipinski definition) is 0. The number of benzene rings is 2. The molecule has 0 saturated carbocycles. The predicted octanol–water partition coefficient (Wildman–Crippen LogP) is 4.41. The zero-order chi connectivity index (χ0) is 22.5. The van der Waals surface area contributed by atoms with Gasteiger partial charge in [0.1, 0.15) is 0 Å². The number of hydrogen-bond acceptors (Lipinski definition) is 7. The second-order valence-electron chi connectivity index (χ2n) is 7.75. The van der Waals surface area contributed by atoms with E-state index in [2.05, 4.69) is 11.0 Å². The molecule has 0 unspecified atom stereocenters. The number of fused-ring (bicyclic) bond motifs is 1. The Kier molecular flexibility index (Phi) is 8.91. The molecule has 1 amide bonds. The molecule has 0 spiro atoms. The molecule has 3 aromatic rings. The van der Waals surface area contributed by atoms with Crippen molar-refractivity contribution < 1.29 is 19.0 Å². The Balaban J connectivity index is 0.00000306. The van der Waals surface area contributed by atoms with Crippen LogP contribution in [0.4, 0.5) is 5.13 Å². The average molecular weight is 492 g/mol. The first-order valence-electron chi connectivity index (χ1n) is 10.8. The third-order valence-electron chi connectivity index (χ3n) is 5.68. The van der Waals surface area contributed by atoms with Gasteiger partial charge in [0, 0.05) is 31.7 Å². The van der Waals surface area contributed by atoms with Crippen molar-refractivity contribution >= 4 is 45.0 Å². The van der Waals surface area contributed by atoms with E-state index < -0.39 is 0 Å². The van der Waals surface area contributed by atoms with Crippen LogP contribution in [0.25, 0.3) is 10.2 Å². The zero-order valence-corrected chi connectivity index (χ0v) is 20.8. The first-order chi connectivity index (χ1) is 15.6. The molecule has 0 atom stereocenters. The SMILES string of the molecule is COc1ccc(C(=O)N(CCCN2CCOCC2)c2nc3c(C)cccc3s2)cc1OC.Cl. The zero-order valence-electron chi connectivity index (χ0n) is 19.2. The van der Waals surface area contributed by atoms with Gasteiger partial charge in [0.2, 0.25) is 0 Å². The van der Waals surface area contributed by atoms with Crippen LogP contribution in [0.5, 0.6) is 11.5 Å². The van der Waals surface area contributed by atoms with Crippen molar-refractivity contribution in [2.75, 3.05) is 58.5 Å². The van der Waals surface area contributed by atoms with Crippen LogP contribution in [-0.2, 0) is 4.74 Å². The van der Waals surface area contributed by atoms with Gasteiger partial charge in [-0.25, -0.2) is 4.98 Å². The fourth-order valence-electron chi connectivity index (χ4n) is 3.88. The van der Waals surface area contributed by atoms with Crippen molar-refractivity contribution in [3.05, 3.63) is 47.5 Å². The lowest BCUT2D eigenvalue weighted by atomic mass is 10.1. The fourth-order valence-corrected chi connectivity index (χ4v) is 4.94. The summed E-state index contributed by atoms with van der Waals surface area (Å²) >= 11 is 1.55. The maximum atomic E-state index is 13.6. The maximum absolute atomic E-state index is 13.6. The van der Waals surface area contributed by atoms with Gasteiger partial charge in [-0.2, -0.15) is 0 Å². The topological polar surface area (TPSA) is 64.1 Å². The fraction of sp³-hybridized carbons (Fsp3) is 0.417. The van der Waals surface area contributed by atoms with E-state index in [0.29, 0.717) is 23.6 Å². The van der Waals surface area contributed by atoms with Crippen LogP contribution in [0.3, 0.4) is 0 Å². The summed E-state index contributed by atoms with van der Waals surface area (Å²) in [6.45, 7) is 6.96. The third-order valence-corrected chi connectivity index (χ3v) is 6.72. The number of methoxy groups -OCH3 is 2. The summed E-state index contributed by atoms with van der Waals surface area (Å²) in [5.41, 5.74) is 2.60. The van der Waals surface area contributed by atoms with Gasteiger partial charge >= 0.3 is 0 Å². The van der Waals surface area contributed by atoms with Gasteiger partial charge in [-0.15, -0.1) is 12.4 Å². The Bertz CT molecular complexity index is 1080. The monoisotopic (exact) mass is 491 g/mol. The molecule has 2 aromatic carbocycles. The number of thiazole rings is 1. The maximum Gasteiger partial charge on any atom is 0.260 e. The van der Waals surface area contributed by atoms with Crippen molar-refractivity contribution in [1.29, 1.82) is 0 Å². The number of rotatable bonds is 8. The normalized spacial score (nSPS) is 14.0. The first kappa shape index (κ1) is 25.2. The molecule has 1 fully saturated rings. The average Bonchev–Trinajstić information content (AvgIpc) is 3.27. The Morgan fingerprint density at radius 2 is 1.91 bits per heavy atom. The molecule has 2 heterocycles. The quantitative estimate of drug-likeness (QED) is 0.465. The van der Waals surface area contributed by atoms with E-state index in [1.54, 1.807) is 48.7 Å². The Hall–Kier alpha value is -2.39. The molecule has 4 rings (SSSR count). The summed E-state index contributed by atoms with van der Waals surface area (Å²) in [7, 11) is 3.16. The number of carbonyl (C=O) groups excluding carboxylic acids is 1. The molecule has 0 N–H and O–H groups in total. The van der Waals surface area contributed by atoms with Gasteiger partial charge in [0.05, 0.1) is 37.6 Å². The number of ether oxygens (including phenoxy) is 3. The number of nitrogens with zero attached hydrogens (tertiary/aromatic N) is 3. The van der Waals surface area contributed by atoms with E-state index in [4.69, 9.17) is 19.2 Å². The van der Waals surface area contributed by atoms with Crippen molar-refractivity contribution in [3.8, 4) is 11.5 Å². The standard InChI is InChI=1S/C24H29N3O4S.ClH/c1-17-6-4-7-21-22(17)25-24(32-21)27(11-5-10-26-12-14-31-15-13-26)23(28)18-8-9-19(29-2)20(16-18)30-3;/h4,6-9,16H,5,10-15H2,1-3H3;1H. The number of para-hydroxylation sites is 1. The molecule has 1 saturated heterocycles. The molecule has 1 aliphatic rings. The molecular formula is C24H30ClN3O4S. The molecule has 0 radical (unpaired) electrons. The molecule has 9 heteroatoms. The van der Waals surface area contributed by atoms with Crippen LogP contribution < -0.4 is 14.4 Å². The second-order valence-corrected chi connectivity index (χ2v) is 8.76. The van der Waals surface area contributed by atoms with Crippen LogP contribution in [-0.4, -0.2) is 69.4 Å². The van der Waals surface area contributed by atoms with E-state index in [0.717, 1.165) is 60.2 Å². The highest BCUT2D eigenvalue weighted by Crippen LogP contribution is 2.33. The third kappa shape index (κ3) is 5.76. The Morgan fingerprint density at radius 1 is 1.15 bits per heavy atom. The number of amides is 1. The minimum Gasteiger partial charge on any atom is -0.493 e. The molecule has 0 aliphatic carbocycles. The van der Waals surface area contributed by atoms with Gasteiger partial charge in [0.25, 0.3) is 5.91 Å². The Labute approximate surface area is 204 Å². The molecule has 0 bridgehead atoms. The number of aromatic nitrogens is 1. The summed E-state index contributed by atoms with van der Waals surface area (Å²) in [6.07, 6.45) is 0.855. The van der Waals surface area contributed by atoms with E-state index in [1.807, 2.05) is 19.1 Å². The van der Waals surface area contributed by atoms with E-state index in [1.165, 1.54) is 0 Å². The van der Waals surface area contributed by atoms with Crippen molar-refractivity contribution in [3.63, 3.8) is 0 Å². The van der Waals surface area contributed by atoms with Gasteiger partial charge in [-0.3, -0.25) is 14.6 Å². The molecule has 178 valence electrons. The molecular weight excluding hydrogens is 462 g/mol. The van der Waals surface area contributed by atoms with Gasteiger partial charge in [0.15, 0.2) is 16.6 Å². The smallest absolute Gasteiger partial charge is 0.260 e. The van der Waals surface area contributed by atoms with Crippen LogP contribution in [0, 0.1) is 6.92 Å².